The maximum absolute atomic E-state index is 9.83. The third-order valence-corrected chi connectivity index (χ3v) is 0.865. The zero-order valence-corrected chi connectivity index (χ0v) is 5.39. The Morgan fingerprint density at radius 1 is 1.67 bits per heavy atom. The fourth-order valence-corrected chi connectivity index (χ4v) is 0.508. The van der Waals surface area contributed by atoms with E-state index in [2.05, 4.69) is 17.3 Å². The molecular formula is C4H6O4S. The molecule has 0 amide bonds. The van der Waals surface area contributed by atoms with Gasteiger partial charge in [0.25, 0.3) is 0 Å². The van der Waals surface area contributed by atoms with E-state index in [1.165, 1.54) is 0 Å². The predicted octanol–water partition coefficient (Wildman–Crippen LogP) is 0.506. The summed E-state index contributed by atoms with van der Waals surface area (Å²) in [7, 11) is -4.41. The van der Waals surface area contributed by atoms with Crippen molar-refractivity contribution in [3.63, 3.8) is 0 Å². The molecule has 0 aromatic rings. The van der Waals surface area contributed by atoms with Crippen molar-refractivity contribution in [3.8, 4) is 0 Å². The maximum Gasteiger partial charge on any atom is 0.446 e. The van der Waals surface area contributed by atoms with Crippen LogP contribution in [0.15, 0.2) is 25.0 Å². The predicted molar refractivity (Wildman–Crippen MR) is 32.0 cm³/mol. The number of rotatable bonds is 3. The zero-order chi connectivity index (χ0) is 7.49. The maximum atomic E-state index is 9.83. The first-order chi connectivity index (χ1) is 3.95. The lowest BCUT2D eigenvalue weighted by molar-refractivity contribution is 0.342. The molecule has 0 saturated carbocycles. The molecule has 4 nitrogen and oxygen atoms in total. The van der Waals surface area contributed by atoms with Gasteiger partial charge in [-0.2, -0.15) is 8.42 Å². The van der Waals surface area contributed by atoms with E-state index in [4.69, 9.17) is 4.55 Å². The molecule has 0 heterocycles. The topological polar surface area (TPSA) is 63.6 Å². The Kier molecular flexibility index (Phi) is 2.41. The van der Waals surface area contributed by atoms with E-state index in [-0.39, 0.29) is 5.76 Å². The lowest BCUT2D eigenvalue weighted by Crippen LogP contribution is -2.00. The van der Waals surface area contributed by atoms with Crippen LogP contribution in [-0.4, -0.2) is 13.0 Å². The van der Waals surface area contributed by atoms with Gasteiger partial charge in [0.2, 0.25) is 0 Å². The lowest BCUT2D eigenvalue weighted by atomic mass is 10.6. The first-order valence-electron chi connectivity index (χ1n) is 1.94. The minimum absolute atomic E-state index is 0.211. The Morgan fingerprint density at radius 2 is 2.11 bits per heavy atom. The molecule has 0 aliphatic heterocycles. The van der Waals surface area contributed by atoms with Crippen LogP contribution in [0.5, 0.6) is 0 Å². The van der Waals surface area contributed by atoms with Crippen molar-refractivity contribution in [2.45, 2.75) is 0 Å². The summed E-state index contributed by atoms with van der Waals surface area (Å²) in [6, 6.07) is 0. The largest absolute Gasteiger partial charge is 0.446 e. The number of hydrogen-bond donors (Lipinski definition) is 1. The smallest absolute Gasteiger partial charge is 0.362 e. The second-order valence-electron chi connectivity index (χ2n) is 1.18. The van der Waals surface area contributed by atoms with Gasteiger partial charge < -0.3 is 4.18 Å². The number of allylic oxidation sites excluding steroid dienone is 1. The third kappa shape index (κ3) is 5.05. The highest BCUT2D eigenvalue weighted by Crippen LogP contribution is 1.97. The van der Waals surface area contributed by atoms with E-state index >= 15 is 0 Å². The molecule has 0 aromatic heterocycles. The summed E-state index contributed by atoms with van der Waals surface area (Å²) in [4.78, 5) is 0. The molecule has 0 atom stereocenters. The van der Waals surface area contributed by atoms with Crippen LogP contribution in [0.4, 0.5) is 0 Å². The SMILES string of the molecule is C=CC(=C)OS(=O)(=O)O. The average molecular weight is 150 g/mol. The van der Waals surface area contributed by atoms with Crippen molar-refractivity contribution < 1.29 is 17.2 Å². The molecule has 9 heavy (non-hydrogen) atoms. The van der Waals surface area contributed by atoms with E-state index in [1.54, 1.807) is 0 Å². The van der Waals surface area contributed by atoms with E-state index in [9.17, 15) is 8.42 Å². The van der Waals surface area contributed by atoms with Crippen LogP contribution >= 0.6 is 0 Å². The zero-order valence-electron chi connectivity index (χ0n) is 4.57. The van der Waals surface area contributed by atoms with Crippen LogP contribution in [-0.2, 0) is 14.6 Å². The Labute approximate surface area is 53.4 Å². The standard InChI is InChI=1S/C4H6O4S/c1-3-4(2)8-9(5,6)7/h3H,1-2H2,(H,5,6,7). The molecule has 52 valence electrons. The van der Waals surface area contributed by atoms with Crippen molar-refractivity contribution in [1.29, 1.82) is 0 Å². The third-order valence-electron chi connectivity index (χ3n) is 0.440. The first kappa shape index (κ1) is 8.19. The highest BCUT2D eigenvalue weighted by atomic mass is 32.3. The second-order valence-corrected chi connectivity index (χ2v) is 2.20. The highest BCUT2D eigenvalue weighted by Gasteiger charge is 2.03. The fourth-order valence-electron chi connectivity index (χ4n) is 0.169. The molecule has 0 unspecified atom stereocenters. The summed E-state index contributed by atoms with van der Waals surface area (Å²) in [5.74, 6) is -0.211. The van der Waals surface area contributed by atoms with Gasteiger partial charge in [0.15, 0.2) is 0 Å². The minimum atomic E-state index is -4.41. The Balaban J connectivity index is 4.06. The second kappa shape index (κ2) is 2.65. The van der Waals surface area contributed by atoms with E-state index < -0.39 is 10.4 Å². The van der Waals surface area contributed by atoms with Gasteiger partial charge >= 0.3 is 10.4 Å². The molecule has 0 spiro atoms. The van der Waals surface area contributed by atoms with Gasteiger partial charge in [-0.25, -0.2) is 0 Å². The summed E-state index contributed by atoms with van der Waals surface area (Å²) < 4.78 is 31.4. The molecule has 0 rings (SSSR count). The summed E-state index contributed by atoms with van der Waals surface area (Å²) in [6.45, 7) is 6.22. The van der Waals surface area contributed by atoms with Crippen molar-refractivity contribution in [2.24, 2.45) is 0 Å². The normalized spacial score (nSPS) is 10.3. The van der Waals surface area contributed by atoms with Crippen LogP contribution in [0.25, 0.3) is 0 Å². The van der Waals surface area contributed by atoms with Crippen LogP contribution in [0.3, 0.4) is 0 Å². The van der Waals surface area contributed by atoms with Gasteiger partial charge in [-0.15, -0.1) is 0 Å². The molecule has 0 radical (unpaired) electrons. The van der Waals surface area contributed by atoms with Crippen LogP contribution in [0.2, 0.25) is 0 Å². The fraction of sp³-hybridized carbons (Fsp3) is 0. The van der Waals surface area contributed by atoms with Crippen molar-refractivity contribution >= 4 is 10.4 Å². The van der Waals surface area contributed by atoms with Crippen molar-refractivity contribution in [1.82, 2.24) is 0 Å². The molecular weight excluding hydrogens is 144 g/mol. The summed E-state index contributed by atoms with van der Waals surface area (Å²) in [5.41, 5.74) is 0. The molecule has 0 aliphatic rings. The highest BCUT2D eigenvalue weighted by molar-refractivity contribution is 7.81. The van der Waals surface area contributed by atoms with E-state index in [0.29, 0.717) is 0 Å². The van der Waals surface area contributed by atoms with Gasteiger partial charge in [0.1, 0.15) is 5.76 Å². The van der Waals surface area contributed by atoms with Gasteiger partial charge in [-0.05, 0) is 6.08 Å². The summed E-state index contributed by atoms with van der Waals surface area (Å²) in [6.07, 6.45) is 1.06. The monoisotopic (exact) mass is 150 g/mol. The Bertz CT molecular complexity index is 213. The molecule has 0 aromatic carbocycles. The molecule has 0 fully saturated rings. The van der Waals surface area contributed by atoms with Gasteiger partial charge in [0, 0.05) is 0 Å². The van der Waals surface area contributed by atoms with Crippen LogP contribution in [0.1, 0.15) is 0 Å². The quantitative estimate of drug-likeness (QED) is 0.361. The molecule has 5 heteroatoms. The lowest BCUT2D eigenvalue weighted by Gasteiger charge is -1.96. The Morgan fingerprint density at radius 3 is 2.22 bits per heavy atom. The molecule has 1 N–H and O–H groups in total. The van der Waals surface area contributed by atoms with Crippen LogP contribution < -0.4 is 0 Å². The van der Waals surface area contributed by atoms with E-state index in [0.717, 1.165) is 6.08 Å². The number of hydrogen-bond acceptors (Lipinski definition) is 3. The van der Waals surface area contributed by atoms with Gasteiger partial charge in [0.05, 0.1) is 0 Å². The van der Waals surface area contributed by atoms with Crippen molar-refractivity contribution in [3.05, 3.63) is 25.0 Å². The van der Waals surface area contributed by atoms with E-state index in [1.807, 2.05) is 0 Å². The molecule has 0 saturated heterocycles. The summed E-state index contributed by atoms with van der Waals surface area (Å²) >= 11 is 0. The van der Waals surface area contributed by atoms with Crippen molar-refractivity contribution in [2.75, 3.05) is 0 Å². The van der Waals surface area contributed by atoms with Gasteiger partial charge in [-0.1, -0.05) is 13.2 Å². The molecule has 0 aliphatic carbocycles. The minimum Gasteiger partial charge on any atom is -0.362 e. The van der Waals surface area contributed by atoms with Crippen LogP contribution in [0, 0.1) is 0 Å². The Hall–Kier alpha value is -0.810. The van der Waals surface area contributed by atoms with Gasteiger partial charge in [-0.3, -0.25) is 4.55 Å². The summed E-state index contributed by atoms with van der Waals surface area (Å²) in [5, 5.41) is 0. The average Bonchev–Trinajstić information content (AvgIpc) is 1.62. The molecule has 0 bridgehead atoms. The first-order valence-corrected chi connectivity index (χ1v) is 3.30.